The topological polar surface area (TPSA) is 28.2 Å². The van der Waals surface area contributed by atoms with Crippen molar-refractivity contribution in [3.63, 3.8) is 0 Å². The standard InChI is InChI=1S/C15H25N3/c1-4-14(5-2)18(3)15-10-12(8-9-16-15)11-17-13-6-7-13/h8-10,13-14,17H,4-7,11H2,1-3H3. The number of hydrogen-bond donors (Lipinski definition) is 1. The van der Waals surface area contributed by atoms with Crippen LogP contribution in [0.3, 0.4) is 0 Å². The van der Waals surface area contributed by atoms with Crippen molar-refractivity contribution < 1.29 is 0 Å². The van der Waals surface area contributed by atoms with Crippen LogP contribution in [-0.2, 0) is 6.54 Å². The third-order valence-electron chi connectivity index (χ3n) is 3.83. The van der Waals surface area contributed by atoms with Gasteiger partial charge < -0.3 is 10.2 Å². The average Bonchev–Trinajstić information content (AvgIpc) is 3.22. The first-order chi connectivity index (χ1) is 8.74. The second-order valence-corrected chi connectivity index (χ2v) is 5.26. The molecule has 1 saturated carbocycles. The van der Waals surface area contributed by atoms with E-state index >= 15 is 0 Å². The zero-order chi connectivity index (χ0) is 13.0. The zero-order valence-electron chi connectivity index (χ0n) is 11.8. The lowest BCUT2D eigenvalue weighted by atomic mass is 10.1. The summed E-state index contributed by atoms with van der Waals surface area (Å²) in [5.41, 5.74) is 1.34. The van der Waals surface area contributed by atoms with Crippen molar-refractivity contribution in [3.05, 3.63) is 23.9 Å². The van der Waals surface area contributed by atoms with Crippen LogP contribution in [0.25, 0.3) is 0 Å². The summed E-state index contributed by atoms with van der Waals surface area (Å²) in [6, 6.07) is 5.68. The summed E-state index contributed by atoms with van der Waals surface area (Å²) in [4.78, 5) is 6.80. The van der Waals surface area contributed by atoms with Crippen LogP contribution < -0.4 is 10.2 Å². The third-order valence-corrected chi connectivity index (χ3v) is 3.83. The maximum Gasteiger partial charge on any atom is 0.128 e. The lowest BCUT2D eigenvalue weighted by Gasteiger charge is -2.27. The molecule has 2 rings (SSSR count). The van der Waals surface area contributed by atoms with Gasteiger partial charge in [-0.25, -0.2) is 4.98 Å². The molecule has 3 heteroatoms. The summed E-state index contributed by atoms with van der Waals surface area (Å²) < 4.78 is 0. The molecule has 1 aliphatic rings. The summed E-state index contributed by atoms with van der Waals surface area (Å²) in [5.74, 6) is 1.10. The van der Waals surface area contributed by atoms with Crippen LogP contribution in [0.5, 0.6) is 0 Å². The maximum absolute atomic E-state index is 4.50. The highest BCUT2D eigenvalue weighted by Gasteiger charge is 2.20. The van der Waals surface area contributed by atoms with E-state index in [4.69, 9.17) is 0 Å². The molecule has 1 aromatic rings. The molecule has 0 radical (unpaired) electrons. The number of pyridine rings is 1. The summed E-state index contributed by atoms with van der Waals surface area (Å²) in [6.07, 6.45) is 6.94. The minimum Gasteiger partial charge on any atom is -0.357 e. The molecule has 1 fully saturated rings. The summed E-state index contributed by atoms with van der Waals surface area (Å²) in [6.45, 7) is 5.45. The highest BCUT2D eigenvalue weighted by molar-refractivity contribution is 5.41. The van der Waals surface area contributed by atoms with E-state index in [0.29, 0.717) is 6.04 Å². The Labute approximate surface area is 111 Å². The van der Waals surface area contributed by atoms with Gasteiger partial charge in [-0.15, -0.1) is 0 Å². The predicted molar refractivity (Wildman–Crippen MR) is 76.9 cm³/mol. The van der Waals surface area contributed by atoms with Gasteiger partial charge in [0.15, 0.2) is 0 Å². The van der Waals surface area contributed by atoms with Crippen LogP contribution in [-0.4, -0.2) is 24.1 Å². The van der Waals surface area contributed by atoms with Gasteiger partial charge in [-0.1, -0.05) is 13.8 Å². The van der Waals surface area contributed by atoms with Gasteiger partial charge in [-0.05, 0) is 43.4 Å². The van der Waals surface area contributed by atoms with Gasteiger partial charge in [0.25, 0.3) is 0 Å². The second kappa shape index (κ2) is 6.19. The van der Waals surface area contributed by atoms with Crippen molar-refractivity contribution in [3.8, 4) is 0 Å². The molecule has 0 amide bonds. The molecule has 18 heavy (non-hydrogen) atoms. The quantitative estimate of drug-likeness (QED) is 0.803. The fourth-order valence-electron chi connectivity index (χ4n) is 2.34. The van der Waals surface area contributed by atoms with Crippen molar-refractivity contribution in [2.24, 2.45) is 0 Å². The van der Waals surface area contributed by atoms with Crippen LogP contribution in [0.2, 0.25) is 0 Å². The number of hydrogen-bond acceptors (Lipinski definition) is 3. The molecular formula is C15H25N3. The fourth-order valence-corrected chi connectivity index (χ4v) is 2.34. The Morgan fingerprint density at radius 2 is 2.11 bits per heavy atom. The molecule has 0 unspecified atom stereocenters. The second-order valence-electron chi connectivity index (χ2n) is 5.26. The van der Waals surface area contributed by atoms with E-state index in [-0.39, 0.29) is 0 Å². The van der Waals surface area contributed by atoms with E-state index < -0.39 is 0 Å². The molecule has 0 bridgehead atoms. The Morgan fingerprint density at radius 1 is 1.39 bits per heavy atom. The van der Waals surface area contributed by atoms with Crippen LogP contribution in [0.1, 0.15) is 45.1 Å². The Balaban J connectivity index is 2.00. The van der Waals surface area contributed by atoms with Crippen LogP contribution in [0.4, 0.5) is 5.82 Å². The van der Waals surface area contributed by atoms with Crippen molar-refractivity contribution in [1.82, 2.24) is 10.3 Å². The van der Waals surface area contributed by atoms with Crippen LogP contribution in [0, 0.1) is 0 Å². The normalized spacial score (nSPS) is 15.1. The highest BCUT2D eigenvalue weighted by atomic mass is 15.2. The molecule has 3 nitrogen and oxygen atoms in total. The molecule has 100 valence electrons. The monoisotopic (exact) mass is 247 g/mol. The van der Waals surface area contributed by atoms with Gasteiger partial charge in [-0.2, -0.15) is 0 Å². The van der Waals surface area contributed by atoms with Gasteiger partial charge in [0.05, 0.1) is 0 Å². The Kier molecular flexibility index (Phi) is 4.59. The minimum atomic E-state index is 0.587. The third kappa shape index (κ3) is 3.45. The van der Waals surface area contributed by atoms with Gasteiger partial charge in [0.2, 0.25) is 0 Å². The molecule has 0 spiro atoms. The van der Waals surface area contributed by atoms with E-state index in [1.165, 1.54) is 31.2 Å². The number of nitrogens with one attached hydrogen (secondary N) is 1. The van der Waals surface area contributed by atoms with Crippen LogP contribution >= 0.6 is 0 Å². The molecule has 0 atom stereocenters. The van der Waals surface area contributed by atoms with E-state index in [1.54, 1.807) is 0 Å². The van der Waals surface area contributed by atoms with E-state index in [9.17, 15) is 0 Å². The molecule has 0 aromatic carbocycles. The SMILES string of the molecule is CCC(CC)N(C)c1cc(CNC2CC2)ccn1. The number of anilines is 1. The Bertz CT molecular complexity index is 370. The van der Waals surface area contributed by atoms with Gasteiger partial charge in [-0.3, -0.25) is 0 Å². The first-order valence-corrected chi connectivity index (χ1v) is 7.15. The Morgan fingerprint density at radius 3 is 2.72 bits per heavy atom. The predicted octanol–water partition coefficient (Wildman–Crippen LogP) is 2.96. The number of rotatable bonds is 7. The zero-order valence-corrected chi connectivity index (χ0v) is 11.8. The molecule has 0 saturated heterocycles. The fraction of sp³-hybridized carbons (Fsp3) is 0.667. The molecule has 1 heterocycles. The summed E-state index contributed by atoms with van der Waals surface area (Å²) >= 11 is 0. The lowest BCUT2D eigenvalue weighted by Crippen LogP contribution is -2.31. The van der Waals surface area contributed by atoms with E-state index in [2.05, 4.69) is 48.2 Å². The van der Waals surface area contributed by atoms with Crippen LogP contribution in [0.15, 0.2) is 18.3 Å². The van der Waals surface area contributed by atoms with Crippen molar-refractivity contribution in [2.45, 2.75) is 58.2 Å². The minimum absolute atomic E-state index is 0.587. The molecular weight excluding hydrogens is 222 g/mol. The number of aromatic nitrogens is 1. The highest BCUT2D eigenvalue weighted by Crippen LogP contribution is 2.21. The Hall–Kier alpha value is -1.09. The van der Waals surface area contributed by atoms with E-state index in [1.807, 2.05) is 6.20 Å². The lowest BCUT2D eigenvalue weighted by molar-refractivity contribution is 0.586. The molecule has 0 aliphatic heterocycles. The van der Waals surface area contributed by atoms with Crippen molar-refractivity contribution in [2.75, 3.05) is 11.9 Å². The van der Waals surface area contributed by atoms with Crippen molar-refractivity contribution >= 4 is 5.82 Å². The summed E-state index contributed by atoms with van der Waals surface area (Å²) in [5, 5.41) is 3.55. The van der Waals surface area contributed by atoms with Crippen molar-refractivity contribution in [1.29, 1.82) is 0 Å². The maximum atomic E-state index is 4.50. The molecule has 1 N–H and O–H groups in total. The first kappa shape index (κ1) is 13.3. The van der Waals surface area contributed by atoms with Gasteiger partial charge in [0, 0.05) is 31.9 Å². The number of nitrogens with zero attached hydrogens (tertiary/aromatic N) is 2. The summed E-state index contributed by atoms with van der Waals surface area (Å²) in [7, 11) is 2.15. The molecule has 1 aromatic heterocycles. The smallest absolute Gasteiger partial charge is 0.128 e. The van der Waals surface area contributed by atoms with E-state index in [0.717, 1.165) is 18.4 Å². The van der Waals surface area contributed by atoms with Gasteiger partial charge in [0.1, 0.15) is 5.82 Å². The molecule has 1 aliphatic carbocycles. The van der Waals surface area contributed by atoms with Gasteiger partial charge >= 0.3 is 0 Å². The first-order valence-electron chi connectivity index (χ1n) is 7.15. The largest absolute Gasteiger partial charge is 0.357 e. The average molecular weight is 247 g/mol.